The van der Waals surface area contributed by atoms with Gasteiger partial charge in [-0.3, -0.25) is 0 Å². The average molecular weight is 214 g/mol. The van der Waals surface area contributed by atoms with Crippen LogP contribution in [0.1, 0.15) is 17.3 Å². The van der Waals surface area contributed by atoms with E-state index in [1.54, 1.807) is 6.92 Å². The van der Waals surface area contributed by atoms with Crippen LogP contribution in [0.25, 0.3) is 0 Å². The number of methoxy groups -OCH3 is 1. The molecule has 0 heterocycles. The molecule has 4 nitrogen and oxygen atoms in total. The second-order valence-corrected chi connectivity index (χ2v) is 2.70. The SMILES string of the molecule is CCOc1c(OC)ccc(C(=O)O)c1F. The van der Waals surface area contributed by atoms with Gasteiger partial charge in [-0.1, -0.05) is 0 Å². The highest BCUT2D eigenvalue weighted by atomic mass is 19.1. The maximum absolute atomic E-state index is 13.6. The van der Waals surface area contributed by atoms with Crippen LogP contribution in [0, 0.1) is 5.82 Å². The number of carboxylic acids is 1. The molecule has 1 aromatic rings. The van der Waals surface area contributed by atoms with Crippen LogP contribution in [0.2, 0.25) is 0 Å². The number of aromatic carboxylic acids is 1. The number of hydrogen-bond donors (Lipinski definition) is 1. The van der Waals surface area contributed by atoms with E-state index in [1.807, 2.05) is 0 Å². The van der Waals surface area contributed by atoms with Crippen molar-refractivity contribution in [2.75, 3.05) is 13.7 Å². The van der Waals surface area contributed by atoms with Crippen molar-refractivity contribution in [1.29, 1.82) is 0 Å². The highest BCUT2D eigenvalue weighted by Gasteiger charge is 2.19. The minimum absolute atomic E-state index is 0.167. The monoisotopic (exact) mass is 214 g/mol. The predicted molar refractivity (Wildman–Crippen MR) is 51.1 cm³/mol. The van der Waals surface area contributed by atoms with Crippen LogP contribution in [0.4, 0.5) is 4.39 Å². The predicted octanol–water partition coefficient (Wildman–Crippen LogP) is 1.93. The van der Waals surface area contributed by atoms with Crippen molar-refractivity contribution in [3.63, 3.8) is 0 Å². The maximum atomic E-state index is 13.6. The third kappa shape index (κ3) is 2.18. The first-order valence-corrected chi connectivity index (χ1v) is 4.34. The average Bonchev–Trinajstić information content (AvgIpc) is 2.20. The largest absolute Gasteiger partial charge is 0.493 e. The van der Waals surface area contributed by atoms with Crippen molar-refractivity contribution in [2.24, 2.45) is 0 Å². The molecule has 0 unspecified atom stereocenters. The lowest BCUT2D eigenvalue weighted by Crippen LogP contribution is -2.05. The minimum atomic E-state index is -1.34. The molecule has 0 saturated carbocycles. The van der Waals surface area contributed by atoms with E-state index in [2.05, 4.69) is 0 Å². The number of carbonyl (C=O) groups is 1. The van der Waals surface area contributed by atoms with Crippen LogP contribution in [-0.4, -0.2) is 24.8 Å². The highest BCUT2D eigenvalue weighted by molar-refractivity contribution is 5.88. The summed E-state index contributed by atoms with van der Waals surface area (Å²) in [5.74, 6) is -2.24. The van der Waals surface area contributed by atoms with Gasteiger partial charge in [-0.05, 0) is 19.1 Å². The normalized spacial score (nSPS) is 9.80. The van der Waals surface area contributed by atoms with Crippen LogP contribution in [0.5, 0.6) is 11.5 Å². The molecule has 0 aliphatic heterocycles. The molecule has 0 amide bonds. The second kappa shape index (κ2) is 4.63. The fourth-order valence-electron chi connectivity index (χ4n) is 1.14. The molecule has 1 rings (SSSR count). The topological polar surface area (TPSA) is 55.8 Å². The van der Waals surface area contributed by atoms with Crippen molar-refractivity contribution in [1.82, 2.24) is 0 Å². The van der Waals surface area contributed by atoms with E-state index in [1.165, 1.54) is 13.2 Å². The molecule has 1 N–H and O–H groups in total. The molecule has 15 heavy (non-hydrogen) atoms. The maximum Gasteiger partial charge on any atom is 0.338 e. The van der Waals surface area contributed by atoms with Crippen LogP contribution >= 0.6 is 0 Å². The summed E-state index contributed by atoms with van der Waals surface area (Å²) in [6.07, 6.45) is 0. The van der Waals surface area contributed by atoms with Crippen LogP contribution in [0.15, 0.2) is 12.1 Å². The van der Waals surface area contributed by atoms with E-state index in [0.717, 1.165) is 6.07 Å². The van der Waals surface area contributed by atoms with Gasteiger partial charge in [0.1, 0.15) is 0 Å². The lowest BCUT2D eigenvalue weighted by Gasteiger charge is -2.11. The van der Waals surface area contributed by atoms with Gasteiger partial charge in [0.2, 0.25) is 0 Å². The summed E-state index contributed by atoms with van der Waals surface area (Å²) >= 11 is 0. The fourth-order valence-corrected chi connectivity index (χ4v) is 1.14. The Balaban J connectivity index is 3.28. The molecule has 5 heteroatoms. The Kier molecular flexibility index (Phi) is 3.49. The van der Waals surface area contributed by atoms with Gasteiger partial charge < -0.3 is 14.6 Å². The zero-order chi connectivity index (χ0) is 11.4. The van der Waals surface area contributed by atoms with E-state index >= 15 is 0 Å². The van der Waals surface area contributed by atoms with E-state index in [9.17, 15) is 9.18 Å². The number of carboxylic acid groups (broad SMARTS) is 1. The van der Waals surface area contributed by atoms with Gasteiger partial charge in [-0.25, -0.2) is 9.18 Å². The summed E-state index contributed by atoms with van der Waals surface area (Å²) in [5, 5.41) is 8.69. The number of halogens is 1. The van der Waals surface area contributed by atoms with E-state index in [4.69, 9.17) is 14.6 Å². The molecule has 0 saturated heterocycles. The van der Waals surface area contributed by atoms with Gasteiger partial charge in [-0.15, -0.1) is 0 Å². The Morgan fingerprint density at radius 2 is 2.20 bits per heavy atom. The molecule has 0 aliphatic carbocycles. The quantitative estimate of drug-likeness (QED) is 0.832. The minimum Gasteiger partial charge on any atom is -0.493 e. The van der Waals surface area contributed by atoms with Gasteiger partial charge in [0.25, 0.3) is 0 Å². The first-order valence-electron chi connectivity index (χ1n) is 4.34. The summed E-state index contributed by atoms with van der Waals surface area (Å²) in [6, 6.07) is 2.50. The summed E-state index contributed by atoms with van der Waals surface area (Å²) in [6.45, 7) is 1.91. The van der Waals surface area contributed by atoms with Crippen LogP contribution < -0.4 is 9.47 Å². The summed E-state index contributed by atoms with van der Waals surface area (Å²) in [5.41, 5.74) is -0.431. The number of rotatable bonds is 4. The van der Waals surface area contributed by atoms with Gasteiger partial charge in [0.05, 0.1) is 19.3 Å². The van der Waals surface area contributed by atoms with Gasteiger partial charge in [0.15, 0.2) is 17.3 Å². The van der Waals surface area contributed by atoms with E-state index < -0.39 is 17.3 Å². The Hall–Kier alpha value is -1.78. The molecule has 82 valence electrons. The van der Waals surface area contributed by atoms with Crippen molar-refractivity contribution in [2.45, 2.75) is 6.92 Å². The Labute approximate surface area is 86.2 Å². The third-order valence-electron chi connectivity index (χ3n) is 1.80. The van der Waals surface area contributed by atoms with Crippen molar-refractivity contribution in [3.8, 4) is 11.5 Å². The van der Waals surface area contributed by atoms with E-state index in [0.29, 0.717) is 0 Å². The second-order valence-electron chi connectivity index (χ2n) is 2.70. The number of ether oxygens (including phenoxy) is 2. The molecule has 0 atom stereocenters. The number of benzene rings is 1. The standard InChI is InChI=1S/C10H11FO4/c1-3-15-9-7(14-2)5-4-6(8(9)11)10(12)13/h4-5H,3H2,1-2H3,(H,12,13). The molecule has 0 bridgehead atoms. The molecule has 1 aromatic carbocycles. The first kappa shape index (κ1) is 11.3. The summed E-state index contributed by atoms with van der Waals surface area (Å²) in [7, 11) is 1.36. The van der Waals surface area contributed by atoms with Gasteiger partial charge >= 0.3 is 5.97 Å². The molecular formula is C10H11FO4. The molecule has 0 spiro atoms. The summed E-state index contributed by atoms with van der Waals surface area (Å²) in [4.78, 5) is 10.6. The van der Waals surface area contributed by atoms with Crippen molar-refractivity contribution in [3.05, 3.63) is 23.5 Å². The molecule has 0 aliphatic rings. The highest BCUT2D eigenvalue weighted by Crippen LogP contribution is 2.32. The van der Waals surface area contributed by atoms with Gasteiger partial charge in [0, 0.05) is 0 Å². The third-order valence-corrected chi connectivity index (χ3v) is 1.80. The fraction of sp³-hybridized carbons (Fsp3) is 0.300. The van der Waals surface area contributed by atoms with Crippen molar-refractivity contribution >= 4 is 5.97 Å². The van der Waals surface area contributed by atoms with Crippen LogP contribution in [-0.2, 0) is 0 Å². The van der Waals surface area contributed by atoms with Crippen molar-refractivity contribution < 1.29 is 23.8 Å². The smallest absolute Gasteiger partial charge is 0.338 e. The Morgan fingerprint density at radius 1 is 1.53 bits per heavy atom. The first-order chi connectivity index (χ1) is 7.11. The van der Waals surface area contributed by atoms with Gasteiger partial charge in [-0.2, -0.15) is 0 Å². The Bertz CT molecular complexity index is 376. The molecular weight excluding hydrogens is 203 g/mol. The summed E-state index contributed by atoms with van der Waals surface area (Å²) < 4.78 is 23.4. The molecule has 0 radical (unpaired) electrons. The zero-order valence-corrected chi connectivity index (χ0v) is 8.41. The zero-order valence-electron chi connectivity index (χ0n) is 8.41. The lowest BCUT2D eigenvalue weighted by atomic mass is 10.2. The van der Waals surface area contributed by atoms with Crippen LogP contribution in [0.3, 0.4) is 0 Å². The molecule has 0 aromatic heterocycles. The number of hydrogen-bond acceptors (Lipinski definition) is 3. The Morgan fingerprint density at radius 3 is 2.67 bits per heavy atom. The molecule has 0 fully saturated rings. The van der Waals surface area contributed by atoms with E-state index in [-0.39, 0.29) is 18.1 Å². The lowest BCUT2D eigenvalue weighted by molar-refractivity contribution is 0.0690.